The second kappa shape index (κ2) is 7.72. The van der Waals surface area contributed by atoms with Gasteiger partial charge < -0.3 is 4.52 Å². The lowest BCUT2D eigenvalue weighted by Crippen LogP contribution is -2.22. The lowest BCUT2D eigenvalue weighted by molar-refractivity contribution is 0.364. The van der Waals surface area contributed by atoms with Crippen molar-refractivity contribution in [3.8, 4) is 5.69 Å². The first-order valence-electron chi connectivity index (χ1n) is 9.83. The van der Waals surface area contributed by atoms with Crippen LogP contribution in [0.25, 0.3) is 16.6 Å². The van der Waals surface area contributed by atoms with Gasteiger partial charge in [0.05, 0.1) is 21.8 Å². The Bertz CT molecular complexity index is 1250. The zero-order chi connectivity index (χ0) is 21.5. The van der Waals surface area contributed by atoms with Crippen LogP contribution in [0, 0.1) is 6.92 Å². The summed E-state index contributed by atoms with van der Waals surface area (Å²) in [6.07, 6.45) is 0. The van der Waals surface area contributed by atoms with E-state index in [4.69, 9.17) is 9.51 Å². The van der Waals surface area contributed by atoms with E-state index in [0.29, 0.717) is 27.8 Å². The summed E-state index contributed by atoms with van der Waals surface area (Å²) in [6, 6.07) is 15.3. The van der Waals surface area contributed by atoms with Crippen LogP contribution in [0.1, 0.15) is 50.2 Å². The molecule has 0 bridgehead atoms. The van der Waals surface area contributed by atoms with Crippen LogP contribution in [0.4, 0.5) is 0 Å². The molecule has 1 atom stereocenters. The Morgan fingerprint density at radius 1 is 1.03 bits per heavy atom. The van der Waals surface area contributed by atoms with Gasteiger partial charge >= 0.3 is 0 Å². The molecule has 4 rings (SSSR count). The topological polar surface area (TPSA) is 73.8 Å². The summed E-state index contributed by atoms with van der Waals surface area (Å²) in [4.78, 5) is 22.7. The van der Waals surface area contributed by atoms with Gasteiger partial charge in [0.25, 0.3) is 5.56 Å². The number of hydrogen-bond acceptors (Lipinski definition) is 6. The van der Waals surface area contributed by atoms with Crippen molar-refractivity contribution in [2.75, 3.05) is 0 Å². The van der Waals surface area contributed by atoms with Crippen LogP contribution < -0.4 is 5.56 Å². The molecule has 0 aliphatic heterocycles. The standard InChI is InChI=1S/C23H24N4O2S/c1-14-10-12-16(13-11-14)27-20(28)17-8-6-7-9-18(17)24-22(27)30-15(2)19-25-21(26-29-19)23(3,4)5/h6-13,15H,1-5H3. The van der Waals surface area contributed by atoms with E-state index in [1.165, 1.54) is 11.8 Å². The van der Waals surface area contributed by atoms with E-state index in [-0.39, 0.29) is 16.2 Å². The highest BCUT2D eigenvalue weighted by atomic mass is 32.2. The van der Waals surface area contributed by atoms with E-state index >= 15 is 0 Å². The number of nitrogens with zero attached hydrogens (tertiary/aromatic N) is 4. The highest BCUT2D eigenvalue weighted by Gasteiger charge is 2.25. The van der Waals surface area contributed by atoms with E-state index < -0.39 is 0 Å². The van der Waals surface area contributed by atoms with Gasteiger partial charge in [-0.1, -0.05) is 67.5 Å². The van der Waals surface area contributed by atoms with Crippen LogP contribution in [0.5, 0.6) is 0 Å². The maximum absolute atomic E-state index is 13.3. The first kappa shape index (κ1) is 20.3. The van der Waals surface area contributed by atoms with Crippen LogP contribution in [0.2, 0.25) is 0 Å². The Labute approximate surface area is 179 Å². The molecular formula is C23H24N4O2S. The summed E-state index contributed by atoms with van der Waals surface area (Å²) in [5.41, 5.74) is 2.28. The average Bonchev–Trinajstić information content (AvgIpc) is 3.20. The average molecular weight is 421 g/mol. The predicted octanol–water partition coefficient (Wildman–Crippen LogP) is 5.23. The normalized spacial score (nSPS) is 13.0. The Morgan fingerprint density at radius 2 is 1.73 bits per heavy atom. The highest BCUT2D eigenvalue weighted by Crippen LogP contribution is 2.35. The van der Waals surface area contributed by atoms with Crippen molar-refractivity contribution in [2.24, 2.45) is 0 Å². The summed E-state index contributed by atoms with van der Waals surface area (Å²) < 4.78 is 7.16. The van der Waals surface area contributed by atoms with Crippen molar-refractivity contribution < 1.29 is 4.52 Å². The number of rotatable bonds is 4. The zero-order valence-corrected chi connectivity index (χ0v) is 18.5. The molecule has 0 radical (unpaired) electrons. The van der Waals surface area contributed by atoms with Crippen molar-refractivity contribution >= 4 is 22.7 Å². The molecule has 0 saturated heterocycles. The SMILES string of the molecule is Cc1ccc(-n2c(SC(C)c3nc(C(C)(C)C)no3)nc3ccccc3c2=O)cc1. The van der Waals surface area contributed by atoms with E-state index in [1.807, 2.05) is 77.1 Å². The van der Waals surface area contributed by atoms with Crippen LogP contribution in [-0.4, -0.2) is 19.7 Å². The lowest BCUT2D eigenvalue weighted by Gasteiger charge is -2.15. The van der Waals surface area contributed by atoms with Gasteiger partial charge in [0.2, 0.25) is 5.89 Å². The van der Waals surface area contributed by atoms with Gasteiger partial charge in [0, 0.05) is 5.41 Å². The molecule has 0 spiro atoms. The summed E-state index contributed by atoms with van der Waals surface area (Å²) >= 11 is 1.43. The van der Waals surface area contributed by atoms with Gasteiger partial charge in [-0.05, 0) is 38.1 Å². The van der Waals surface area contributed by atoms with Gasteiger partial charge in [0.15, 0.2) is 11.0 Å². The minimum absolute atomic E-state index is 0.0972. The van der Waals surface area contributed by atoms with Crippen LogP contribution >= 0.6 is 11.8 Å². The van der Waals surface area contributed by atoms with Crippen molar-refractivity contribution in [1.82, 2.24) is 19.7 Å². The molecule has 0 N–H and O–H groups in total. The van der Waals surface area contributed by atoms with E-state index in [1.54, 1.807) is 10.6 Å². The predicted molar refractivity (Wildman–Crippen MR) is 119 cm³/mol. The van der Waals surface area contributed by atoms with Crippen LogP contribution in [0.15, 0.2) is 63.0 Å². The van der Waals surface area contributed by atoms with E-state index in [9.17, 15) is 4.79 Å². The zero-order valence-electron chi connectivity index (χ0n) is 17.7. The molecular weight excluding hydrogens is 396 g/mol. The molecule has 4 aromatic rings. The molecule has 6 nitrogen and oxygen atoms in total. The third kappa shape index (κ3) is 3.89. The Balaban J connectivity index is 1.81. The van der Waals surface area contributed by atoms with Gasteiger partial charge in [-0.25, -0.2) is 4.98 Å². The monoisotopic (exact) mass is 420 g/mol. The molecule has 0 amide bonds. The smallest absolute Gasteiger partial charge is 0.266 e. The number of para-hydroxylation sites is 1. The first-order valence-corrected chi connectivity index (χ1v) is 10.7. The summed E-state index contributed by atoms with van der Waals surface area (Å²) in [5.74, 6) is 1.18. The number of thioether (sulfide) groups is 1. The highest BCUT2D eigenvalue weighted by molar-refractivity contribution is 7.99. The molecule has 0 aliphatic carbocycles. The third-order valence-electron chi connectivity index (χ3n) is 4.78. The number of fused-ring (bicyclic) bond motifs is 1. The quantitative estimate of drug-likeness (QED) is 0.332. The summed E-state index contributed by atoms with van der Waals surface area (Å²) in [7, 11) is 0. The minimum atomic E-state index is -0.197. The van der Waals surface area contributed by atoms with Crippen molar-refractivity contribution in [2.45, 2.75) is 50.4 Å². The second-order valence-corrected chi connectivity index (χ2v) is 9.66. The number of hydrogen-bond donors (Lipinski definition) is 0. The summed E-state index contributed by atoms with van der Waals surface area (Å²) in [5, 5.41) is 5.13. The molecule has 1 unspecified atom stereocenters. The maximum atomic E-state index is 13.3. The molecule has 7 heteroatoms. The Hall–Kier alpha value is -2.93. The van der Waals surface area contributed by atoms with Gasteiger partial charge in [0.1, 0.15) is 0 Å². The van der Waals surface area contributed by atoms with Crippen LogP contribution in [-0.2, 0) is 5.41 Å². The van der Waals surface area contributed by atoms with Gasteiger partial charge in [-0.2, -0.15) is 4.98 Å². The molecule has 2 aromatic heterocycles. The van der Waals surface area contributed by atoms with Crippen molar-refractivity contribution in [1.29, 1.82) is 0 Å². The fraction of sp³-hybridized carbons (Fsp3) is 0.304. The van der Waals surface area contributed by atoms with E-state index in [0.717, 1.165) is 11.3 Å². The number of aryl methyl sites for hydroxylation is 1. The molecule has 0 aliphatic rings. The number of aromatic nitrogens is 4. The number of benzene rings is 2. The van der Waals surface area contributed by atoms with Crippen molar-refractivity contribution in [3.05, 3.63) is 76.2 Å². The van der Waals surface area contributed by atoms with Gasteiger partial charge in [-0.3, -0.25) is 9.36 Å². The Morgan fingerprint density at radius 3 is 2.40 bits per heavy atom. The molecule has 154 valence electrons. The van der Waals surface area contributed by atoms with Gasteiger partial charge in [-0.15, -0.1) is 0 Å². The fourth-order valence-corrected chi connectivity index (χ4v) is 3.98. The largest absolute Gasteiger partial charge is 0.338 e. The van der Waals surface area contributed by atoms with Crippen molar-refractivity contribution in [3.63, 3.8) is 0 Å². The first-order chi connectivity index (χ1) is 14.2. The molecule has 0 fully saturated rings. The van der Waals surface area contributed by atoms with E-state index in [2.05, 4.69) is 10.1 Å². The molecule has 2 heterocycles. The molecule has 0 saturated carbocycles. The second-order valence-electron chi connectivity index (χ2n) is 8.35. The minimum Gasteiger partial charge on any atom is -0.338 e. The molecule has 30 heavy (non-hydrogen) atoms. The maximum Gasteiger partial charge on any atom is 0.266 e. The lowest BCUT2D eigenvalue weighted by atomic mass is 9.96. The van der Waals surface area contributed by atoms with Crippen LogP contribution in [0.3, 0.4) is 0 Å². The third-order valence-corrected chi connectivity index (χ3v) is 5.82. The summed E-state index contributed by atoms with van der Waals surface area (Å²) in [6.45, 7) is 10.1. The Kier molecular flexibility index (Phi) is 5.24. The molecule has 2 aromatic carbocycles. The fourth-order valence-electron chi connectivity index (χ4n) is 3.03.